The minimum atomic E-state index is 1.10. The zero-order valence-electron chi connectivity index (χ0n) is 7.22. The fourth-order valence-electron chi connectivity index (χ4n) is 1.25. The Balaban J connectivity index is 2.54. The number of hydrogen-bond donors (Lipinski definition) is 0. The van der Waals surface area contributed by atoms with E-state index in [9.17, 15) is 0 Å². The predicted octanol–water partition coefficient (Wildman–Crippen LogP) is 3.62. The zero-order chi connectivity index (χ0) is 7.94. The van der Waals surface area contributed by atoms with Gasteiger partial charge in [-0.2, -0.15) is 0 Å². The van der Waals surface area contributed by atoms with Crippen molar-refractivity contribution < 1.29 is 0 Å². The van der Waals surface area contributed by atoms with Crippen molar-refractivity contribution in [3.05, 3.63) is 36.0 Å². The number of rotatable bonds is 2. The summed E-state index contributed by atoms with van der Waals surface area (Å²) in [6.07, 6.45) is 15.9. The van der Waals surface area contributed by atoms with E-state index < -0.39 is 0 Å². The summed E-state index contributed by atoms with van der Waals surface area (Å²) in [6, 6.07) is 0. The van der Waals surface area contributed by atoms with Crippen molar-refractivity contribution in [3.8, 4) is 0 Å². The third kappa shape index (κ3) is 3.22. The first kappa shape index (κ1) is 8.32. The first-order valence-electron chi connectivity index (χ1n) is 4.44. The van der Waals surface area contributed by atoms with E-state index >= 15 is 0 Å². The van der Waals surface area contributed by atoms with Gasteiger partial charge in [-0.15, -0.1) is 0 Å². The van der Waals surface area contributed by atoms with Gasteiger partial charge in [-0.25, -0.2) is 0 Å². The van der Waals surface area contributed by atoms with Gasteiger partial charge in [0, 0.05) is 0 Å². The van der Waals surface area contributed by atoms with Gasteiger partial charge in [0.15, 0.2) is 0 Å². The number of hydrogen-bond acceptors (Lipinski definition) is 0. The second-order valence-electron chi connectivity index (χ2n) is 2.87. The molecule has 0 saturated heterocycles. The second kappa shape index (κ2) is 4.95. The molecule has 0 fully saturated rings. The summed E-state index contributed by atoms with van der Waals surface area (Å²) in [4.78, 5) is 0. The molecule has 0 aromatic heterocycles. The van der Waals surface area contributed by atoms with Crippen molar-refractivity contribution in [3.63, 3.8) is 0 Å². The molecule has 0 aromatic rings. The van der Waals surface area contributed by atoms with Crippen LogP contribution in [0, 0.1) is 0 Å². The van der Waals surface area contributed by atoms with E-state index in [-0.39, 0.29) is 0 Å². The van der Waals surface area contributed by atoms with Crippen LogP contribution in [0.25, 0.3) is 0 Å². The summed E-state index contributed by atoms with van der Waals surface area (Å²) in [5, 5.41) is 0. The minimum Gasteiger partial charge on any atom is -0.0844 e. The lowest BCUT2D eigenvalue weighted by molar-refractivity contribution is 0.919. The Morgan fingerprint density at radius 2 is 2.00 bits per heavy atom. The molecule has 0 unspecified atom stereocenters. The van der Waals surface area contributed by atoms with E-state index in [1.54, 1.807) is 0 Å². The molecule has 11 heavy (non-hydrogen) atoms. The monoisotopic (exact) mass is 148 g/mol. The number of allylic oxidation sites excluding steroid dienone is 6. The van der Waals surface area contributed by atoms with Crippen LogP contribution in [0.15, 0.2) is 36.0 Å². The molecule has 0 heteroatoms. The maximum atomic E-state index is 2.32. The molecule has 1 aliphatic rings. The summed E-state index contributed by atoms with van der Waals surface area (Å²) in [5.74, 6) is 0. The van der Waals surface area contributed by atoms with Crippen LogP contribution in [0.3, 0.4) is 0 Å². The van der Waals surface area contributed by atoms with Gasteiger partial charge >= 0.3 is 0 Å². The summed E-state index contributed by atoms with van der Waals surface area (Å²) in [5.41, 5.74) is 1.50. The molecule has 0 radical (unpaired) electrons. The fraction of sp³-hybridized carbons (Fsp3) is 0.455. The van der Waals surface area contributed by atoms with Crippen LogP contribution in [0.5, 0.6) is 0 Å². The highest BCUT2D eigenvalue weighted by Crippen LogP contribution is 2.10. The summed E-state index contributed by atoms with van der Waals surface area (Å²) < 4.78 is 0. The zero-order valence-corrected chi connectivity index (χ0v) is 7.22. The van der Waals surface area contributed by atoms with Crippen molar-refractivity contribution in [2.75, 3.05) is 0 Å². The highest BCUT2D eigenvalue weighted by atomic mass is 14.0. The molecule has 0 aromatic carbocycles. The van der Waals surface area contributed by atoms with Crippen molar-refractivity contribution in [2.45, 2.75) is 32.6 Å². The van der Waals surface area contributed by atoms with E-state index in [1.807, 2.05) is 0 Å². The topological polar surface area (TPSA) is 0 Å². The Labute approximate surface area is 69.3 Å². The van der Waals surface area contributed by atoms with Gasteiger partial charge in [0.2, 0.25) is 0 Å². The van der Waals surface area contributed by atoms with Gasteiger partial charge in [0.25, 0.3) is 0 Å². The molecule has 0 bridgehead atoms. The van der Waals surface area contributed by atoms with E-state index in [0.717, 1.165) is 12.8 Å². The molecule has 0 amide bonds. The molecule has 0 N–H and O–H groups in total. The smallest absolute Gasteiger partial charge is 0.0163 e. The second-order valence-corrected chi connectivity index (χ2v) is 2.87. The van der Waals surface area contributed by atoms with Crippen LogP contribution in [0.1, 0.15) is 32.6 Å². The van der Waals surface area contributed by atoms with Crippen molar-refractivity contribution in [1.29, 1.82) is 0 Å². The molecule has 0 aliphatic heterocycles. The maximum Gasteiger partial charge on any atom is -0.0163 e. The van der Waals surface area contributed by atoms with Gasteiger partial charge < -0.3 is 0 Å². The highest BCUT2D eigenvalue weighted by Gasteiger charge is 1.90. The van der Waals surface area contributed by atoms with Gasteiger partial charge in [0.05, 0.1) is 0 Å². The average molecular weight is 148 g/mol. The molecule has 60 valence electrons. The summed E-state index contributed by atoms with van der Waals surface area (Å²) in [6.45, 7) is 2.23. The van der Waals surface area contributed by atoms with Gasteiger partial charge in [-0.05, 0) is 19.3 Å². The Kier molecular flexibility index (Phi) is 3.74. The van der Waals surface area contributed by atoms with Gasteiger partial charge in [-0.3, -0.25) is 0 Å². The van der Waals surface area contributed by atoms with Crippen LogP contribution in [-0.2, 0) is 0 Å². The van der Waals surface area contributed by atoms with Crippen LogP contribution < -0.4 is 0 Å². The Morgan fingerprint density at radius 3 is 2.82 bits per heavy atom. The molecular weight excluding hydrogens is 132 g/mol. The molecule has 0 atom stereocenters. The first-order valence-corrected chi connectivity index (χ1v) is 4.44. The Bertz CT molecular complexity index is 182. The third-order valence-electron chi connectivity index (χ3n) is 1.83. The van der Waals surface area contributed by atoms with Gasteiger partial charge in [-0.1, -0.05) is 49.3 Å². The average Bonchev–Trinajstić information content (AvgIpc) is 1.94. The largest absolute Gasteiger partial charge is 0.0844 e. The van der Waals surface area contributed by atoms with Gasteiger partial charge in [0.1, 0.15) is 0 Å². The van der Waals surface area contributed by atoms with Crippen molar-refractivity contribution >= 4 is 0 Å². The van der Waals surface area contributed by atoms with E-state index in [0.29, 0.717) is 0 Å². The van der Waals surface area contributed by atoms with E-state index in [1.165, 1.54) is 18.4 Å². The van der Waals surface area contributed by atoms with Crippen LogP contribution in [0.2, 0.25) is 0 Å². The normalized spacial score (nSPS) is 17.4. The lowest BCUT2D eigenvalue weighted by atomic mass is 10.1. The molecule has 0 spiro atoms. The standard InChI is InChI=1S/C11H16/c1-2-8-11-9-6-4-3-5-7-10-11/h3-4,7,9-10H,2,5-6,8H2,1H3. The fourth-order valence-corrected chi connectivity index (χ4v) is 1.25. The maximum absolute atomic E-state index is 2.32. The van der Waals surface area contributed by atoms with Crippen LogP contribution in [0.4, 0.5) is 0 Å². The Hall–Kier alpha value is -0.780. The highest BCUT2D eigenvalue weighted by molar-refractivity contribution is 5.21. The van der Waals surface area contributed by atoms with E-state index in [4.69, 9.17) is 0 Å². The van der Waals surface area contributed by atoms with Crippen LogP contribution >= 0.6 is 0 Å². The first-order chi connectivity index (χ1) is 5.43. The molecule has 0 nitrogen and oxygen atoms in total. The lowest BCUT2D eigenvalue weighted by Crippen LogP contribution is -1.79. The molecule has 1 aliphatic carbocycles. The third-order valence-corrected chi connectivity index (χ3v) is 1.83. The minimum absolute atomic E-state index is 1.10. The summed E-state index contributed by atoms with van der Waals surface area (Å²) in [7, 11) is 0. The lowest BCUT2D eigenvalue weighted by Gasteiger charge is -2.00. The molecular formula is C11H16. The van der Waals surface area contributed by atoms with Crippen molar-refractivity contribution in [1.82, 2.24) is 0 Å². The summed E-state index contributed by atoms with van der Waals surface area (Å²) >= 11 is 0. The van der Waals surface area contributed by atoms with Crippen LogP contribution in [-0.4, -0.2) is 0 Å². The quantitative estimate of drug-likeness (QED) is 0.525. The SMILES string of the molecule is CCCC1=CCC=CCC=C1. The molecule has 1 rings (SSSR count). The predicted molar refractivity (Wildman–Crippen MR) is 50.5 cm³/mol. The van der Waals surface area contributed by atoms with Crippen molar-refractivity contribution in [2.24, 2.45) is 0 Å². The molecule has 0 saturated carbocycles. The Morgan fingerprint density at radius 1 is 1.18 bits per heavy atom. The molecule has 0 heterocycles. The van der Waals surface area contributed by atoms with E-state index in [2.05, 4.69) is 37.3 Å².